The van der Waals surface area contributed by atoms with Gasteiger partial charge in [-0.25, -0.2) is 0 Å². The molecule has 1 unspecified atom stereocenters. The Hall–Kier alpha value is -0.700. The minimum atomic E-state index is 0.493. The molecule has 1 fully saturated rings. The van der Waals surface area contributed by atoms with Gasteiger partial charge < -0.3 is 9.47 Å². The summed E-state index contributed by atoms with van der Waals surface area (Å²) in [5.74, 6) is 1.79. The molecule has 1 aromatic carbocycles. The van der Waals surface area contributed by atoms with Crippen LogP contribution in [0.3, 0.4) is 0 Å². The van der Waals surface area contributed by atoms with Gasteiger partial charge in [-0.1, -0.05) is 22.9 Å². The van der Waals surface area contributed by atoms with Gasteiger partial charge in [-0.05, 0) is 48.9 Å². The van der Waals surface area contributed by atoms with Crippen molar-refractivity contribution >= 4 is 15.9 Å². The zero-order valence-corrected chi connectivity index (χ0v) is 12.0. The van der Waals surface area contributed by atoms with Gasteiger partial charge in [0.2, 0.25) is 0 Å². The van der Waals surface area contributed by atoms with E-state index in [0.717, 1.165) is 24.5 Å². The molecule has 17 heavy (non-hydrogen) atoms. The number of hydrogen-bond donors (Lipinski definition) is 0. The zero-order valence-electron chi connectivity index (χ0n) is 10.4. The molecule has 1 aliphatic rings. The van der Waals surface area contributed by atoms with E-state index in [2.05, 4.69) is 22.9 Å². The molecule has 0 bridgehead atoms. The topological polar surface area (TPSA) is 18.5 Å². The fraction of sp³-hybridized carbons (Fsp3) is 0.571. The normalized spacial score (nSPS) is 18.5. The number of benzene rings is 1. The number of ether oxygens (including phenoxy) is 2. The number of alkyl halides is 1. The van der Waals surface area contributed by atoms with Gasteiger partial charge in [0.1, 0.15) is 11.5 Å². The van der Waals surface area contributed by atoms with Crippen LogP contribution in [-0.4, -0.2) is 18.5 Å². The molecule has 1 saturated carbocycles. The van der Waals surface area contributed by atoms with E-state index < -0.39 is 0 Å². The third-order valence-electron chi connectivity index (χ3n) is 3.66. The van der Waals surface area contributed by atoms with E-state index in [1.54, 1.807) is 7.11 Å². The highest BCUT2D eigenvalue weighted by Crippen LogP contribution is 2.54. The Morgan fingerprint density at radius 3 is 2.29 bits per heavy atom. The molecule has 0 heterocycles. The van der Waals surface area contributed by atoms with Crippen LogP contribution >= 0.6 is 15.9 Å². The van der Waals surface area contributed by atoms with Crippen LogP contribution in [-0.2, 0) is 0 Å². The molecule has 0 radical (unpaired) electrons. The average Bonchev–Trinajstić information content (AvgIpc) is 3.11. The summed E-state index contributed by atoms with van der Waals surface area (Å²) in [6.07, 6.45) is 3.78. The Bertz CT molecular complexity index is 355. The molecule has 2 rings (SSSR count). The van der Waals surface area contributed by atoms with E-state index >= 15 is 0 Å². The molecule has 0 amide bonds. The van der Waals surface area contributed by atoms with Crippen LogP contribution in [0.1, 0.15) is 26.2 Å². The second-order valence-electron chi connectivity index (χ2n) is 4.75. The first kappa shape index (κ1) is 12.7. The molecule has 0 aliphatic heterocycles. The van der Waals surface area contributed by atoms with Gasteiger partial charge in [0, 0.05) is 4.83 Å². The number of hydrogen-bond acceptors (Lipinski definition) is 2. The van der Waals surface area contributed by atoms with Crippen molar-refractivity contribution < 1.29 is 9.47 Å². The van der Waals surface area contributed by atoms with Crippen LogP contribution in [0, 0.1) is 5.41 Å². The van der Waals surface area contributed by atoms with E-state index in [9.17, 15) is 0 Å². The molecular formula is C14H19BrO2. The maximum Gasteiger partial charge on any atom is 0.119 e. The lowest BCUT2D eigenvalue weighted by molar-refractivity contribution is 0.269. The van der Waals surface area contributed by atoms with Gasteiger partial charge in [0.15, 0.2) is 0 Å². The second-order valence-corrected chi connectivity index (χ2v) is 6.13. The van der Waals surface area contributed by atoms with Crippen LogP contribution in [0.2, 0.25) is 0 Å². The van der Waals surface area contributed by atoms with Gasteiger partial charge in [0.05, 0.1) is 13.7 Å². The molecule has 3 heteroatoms. The minimum absolute atomic E-state index is 0.493. The molecule has 0 saturated heterocycles. The summed E-state index contributed by atoms with van der Waals surface area (Å²) >= 11 is 3.69. The Kier molecular flexibility index (Phi) is 3.97. The summed E-state index contributed by atoms with van der Waals surface area (Å²) in [6, 6.07) is 7.76. The second kappa shape index (κ2) is 5.30. The van der Waals surface area contributed by atoms with E-state index in [1.807, 2.05) is 24.3 Å². The highest BCUT2D eigenvalue weighted by Gasteiger charge is 2.45. The predicted molar refractivity (Wildman–Crippen MR) is 73.2 cm³/mol. The quantitative estimate of drug-likeness (QED) is 0.738. The van der Waals surface area contributed by atoms with Crippen LogP contribution in [0.25, 0.3) is 0 Å². The maximum absolute atomic E-state index is 5.76. The molecular weight excluding hydrogens is 280 g/mol. The van der Waals surface area contributed by atoms with Crippen molar-refractivity contribution in [1.29, 1.82) is 0 Å². The largest absolute Gasteiger partial charge is 0.497 e. The SMILES string of the molecule is COc1ccc(OCCC2(C(C)Br)CC2)cc1. The Labute approximate surface area is 111 Å². The summed E-state index contributed by atoms with van der Waals surface area (Å²) in [5.41, 5.74) is 0.493. The summed E-state index contributed by atoms with van der Waals surface area (Å²) in [5, 5.41) is 0. The molecule has 0 spiro atoms. The standard InChI is InChI=1S/C14H19BrO2/c1-11(15)14(7-8-14)9-10-17-13-5-3-12(16-2)4-6-13/h3-6,11H,7-10H2,1-2H3. The molecule has 1 atom stereocenters. The van der Waals surface area contributed by atoms with Gasteiger partial charge in [-0.15, -0.1) is 0 Å². The van der Waals surface area contributed by atoms with Crippen molar-refractivity contribution in [3.63, 3.8) is 0 Å². The lowest BCUT2D eigenvalue weighted by Gasteiger charge is -2.18. The summed E-state index contributed by atoms with van der Waals surface area (Å²) in [6.45, 7) is 3.03. The van der Waals surface area contributed by atoms with Crippen LogP contribution in [0.4, 0.5) is 0 Å². The van der Waals surface area contributed by atoms with E-state index in [0.29, 0.717) is 10.2 Å². The van der Waals surface area contributed by atoms with Crippen LogP contribution < -0.4 is 9.47 Å². The van der Waals surface area contributed by atoms with Crippen molar-refractivity contribution in [3.05, 3.63) is 24.3 Å². The molecule has 0 aromatic heterocycles. The van der Waals surface area contributed by atoms with Crippen LogP contribution in [0.15, 0.2) is 24.3 Å². The van der Waals surface area contributed by atoms with E-state index in [-0.39, 0.29) is 0 Å². The number of rotatable bonds is 6. The van der Waals surface area contributed by atoms with Gasteiger partial charge in [-0.2, -0.15) is 0 Å². The monoisotopic (exact) mass is 298 g/mol. The average molecular weight is 299 g/mol. The maximum atomic E-state index is 5.76. The van der Waals surface area contributed by atoms with Crippen molar-refractivity contribution in [2.75, 3.05) is 13.7 Å². The van der Waals surface area contributed by atoms with Gasteiger partial charge in [-0.3, -0.25) is 0 Å². The highest BCUT2D eigenvalue weighted by molar-refractivity contribution is 9.09. The fourth-order valence-corrected chi connectivity index (χ4v) is 2.74. The fourth-order valence-electron chi connectivity index (χ4n) is 2.05. The predicted octanol–water partition coefficient (Wildman–Crippen LogP) is 4.03. The lowest BCUT2D eigenvalue weighted by atomic mass is 10.00. The summed E-state index contributed by atoms with van der Waals surface area (Å²) in [7, 11) is 1.67. The van der Waals surface area contributed by atoms with Gasteiger partial charge >= 0.3 is 0 Å². The first-order valence-electron chi connectivity index (χ1n) is 6.07. The molecule has 0 N–H and O–H groups in total. The minimum Gasteiger partial charge on any atom is -0.497 e. The third-order valence-corrected chi connectivity index (χ3v) is 4.64. The first-order valence-corrected chi connectivity index (χ1v) is 6.99. The molecule has 2 nitrogen and oxygen atoms in total. The smallest absolute Gasteiger partial charge is 0.119 e. The van der Waals surface area contributed by atoms with Crippen molar-refractivity contribution in [1.82, 2.24) is 0 Å². The molecule has 94 valence electrons. The highest BCUT2D eigenvalue weighted by atomic mass is 79.9. The summed E-state index contributed by atoms with van der Waals surface area (Å²) < 4.78 is 10.9. The summed E-state index contributed by atoms with van der Waals surface area (Å²) in [4.78, 5) is 0.592. The van der Waals surface area contributed by atoms with Crippen molar-refractivity contribution in [2.24, 2.45) is 5.41 Å². The lowest BCUT2D eigenvalue weighted by Crippen LogP contribution is -2.15. The molecule has 1 aromatic rings. The van der Waals surface area contributed by atoms with E-state index in [1.165, 1.54) is 12.8 Å². The van der Waals surface area contributed by atoms with Gasteiger partial charge in [0.25, 0.3) is 0 Å². The Morgan fingerprint density at radius 2 is 1.82 bits per heavy atom. The zero-order chi connectivity index (χ0) is 12.3. The number of halogens is 1. The van der Waals surface area contributed by atoms with Crippen LogP contribution in [0.5, 0.6) is 11.5 Å². The number of methoxy groups -OCH3 is 1. The Morgan fingerprint density at radius 1 is 1.24 bits per heavy atom. The Balaban J connectivity index is 1.78. The van der Waals surface area contributed by atoms with Crippen molar-refractivity contribution in [3.8, 4) is 11.5 Å². The van der Waals surface area contributed by atoms with Crippen molar-refractivity contribution in [2.45, 2.75) is 31.0 Å². The molecule has 1 aliphatic carbocycles. The first-order chi connectivity index (χ1) is 8.16. The van der Waals surface area contributed by atoms with E-state index in [4.69, 9.17) is 9.47 Å². The third kappa shape index (κ3) is 3.15.